The molecule has 6 nitrogen and oxygen atoms in total. The first-order chi connectivity index (χ1) is 36.8. The van der Waals surface area contributed by atoms with Gasteiger partial charge in [0.05, 0.1) is 34.4 Å². The van der Waals surface area contributed by atoms with Crippen LogP contribution in [-0.4, -0.2) is 10.5 Å². The molecule has 0 unspecified atom stereocenters. The Morgan fingerprint density at radius 1 is 0.538 bits per heavy atom. The summed E-state index contributed by atoms with van der Waals surface area (Å²) < 4.78 is 186. The van der Waals surface area contributed by atoms with Crippen LogP contribution in [0.2, 0.25) is 0 Å². The Morgan fingerprint density at radius 3 is 1.60 bits per heavy atom. The Balaban J connectivity index is 1.14. The summed E-state index contributed by atoms with van der Waals surface area (Å²) >= 11 is 0. The van der Waals surface area contributed by atoms with E-state index in [0.29, 0.717) is 35.3 Å². The van der Waals surface area contributed by atoms with Crippen LogP contribution in [0.3, 0.4) is 0 Å². The Hall–Kier alpha value is -8.93. The van der Waals surface area contributed by atoms with Crippen LogP contribution in [0.1, 0.15) is 46.7 Å². The van der Waals surface area contributed by atoms with E-state index < -0.39 is 103 Å². The fraction of sp³-hybridized carbons (Fsp3) is 0.117. The molecule has 0 saturated carbocycles. The molecule has 0 saturated heterocycles. The second-order valence-electron chi connectivity index (χ2n) is 18.3. The predicted molar refractivity (Wildman–Crippen MR) is 272 cm³/mol. The van der Waals surface area contributed by atoms with Gasteiger partial charge in [-0.05, 0) is 130 Å². The smallest absolute Gasteiger partial charge is 0.416 e. The molecule has 0 aliphatic rings. The van der Waals surface area contributed by atoms with Crippen LogP contribution in [0, 0.1) is 0 Å². The number of rotatable bonds is 10. The number of esters is 1. The highest BCUT2D eigenvalue weighted by Crippen LogP contribution is 2.49. The number of pyridine rings is 1. The van der Waals surface area contributed by atoms with Crippen LogP contribution in [-0.2, 0) is 40.7 Å². The highest BCUT2D eigenvalue weighted by molar-refractivity contribution is 6.32. The average molecular weight is 1080 g/mol. The lowest BCUT2D eigenvalue weighted by atomic mass is 9.86. The van der Waals surface area contributed by atoms with E-state index in [1.165, 1.54) is 48.5 Å². The number of allylic oxidation sites excluding steroid dienone is 2. The van der Waals surface area contributed by atoms with Gasteiger partial charge in [-0.25, -0.2) is 4.57 Å². The molecule has 10 aromatic rings. The molecule has 18 heteroatoms. The lowest BCUT2D eigenvalue weighted by molar-refractivity contribution is -0.144. The van der Waals surface area contributed by atoms with Gasteiger partial charge in [-0.3, -0.25) is 14.4 Å². The van der Waals surface area contributed by atoms with Gasteiger partial charge in [0.25, 0.3) is 11.1 Å². The molecule has 78 heavy (non-hydrogen) atoms. The number of hydrogen-bond acceptors (Lipinski definition) is 5. The normalized spacial score (nSPS) is 12.8. The molecule has 0 spiro atoms. The summed E-state index contributed by atoms with van der Waals surface area (Å²) in [7, 11) is 0. The van der Waals surface area contributed by atoms with Gasteiger partial charge in [0.2, 0.25) is 0 Å². The molecule has 0 N–H and O–H groups in total. The van der Waals surface area contributed by atoms with Gasteiger partial charge in [-0.2, -0.15) is 52.7 Å². The van der Waals surface area contributed by atoms with Gasteiger partial charge < -0.3 is 9.15 Å². The van der Waals surface area contributed by atoms with Gasteiger partial charge in [0.1, 0.15) is 16.9 Å². The summed E-state index contributed by atoms with van der Waals surface area (Å²) in [6, 6.07) is 31.2. The Kier molecular flexibility index (Phi) is 13.0. The lowest BCUT2D eigenvalue weighted by Crippen LogP contribution is -2.32. The summed E-state index contributed by atoms with van der Waals surface area (Å²) in [6.07, 6.45) is -19.7. The van der Waals surface area contributed by atoms with E-state index in [9.17, 15) is 67.1 Å². The molecule has 10 rings (SSSR count). The molecule has 0 radical (unpaired) electrons. The van der Waals surface area contributed by atoms with Crippen molar-refractivity contribution in [2.45, 2.75) is 44.5 Å². The zero-order valence-corrected chi connectivity index (χ0v) is 40.2. The molecular weight excluding hydrogens is 1040 g/mol. The number of para-hydroxylation sites is 1. The van der Waals surface area contributed by atoms with E-state index in [0.717, 1.165) is 34.4 Å². The maximum Gasteiger partial charge on any atom is 0.416 e. The third-order valence-electron chi connectivity index (χ3n) is 13.2. The molecule has 0 atom stereocenters. The Morgan fingerprint density at radius 2 is 1.05 bits per heavy atom. The first-order valence-corrected chi connectivity index (χ1v) is 23.6. The topological polar surface area (TPSA) is 78.5 Å². The van der Waals surface area contributed by atoms with Gasteiger partial charge in [-0.1, -0.05) is 92.4 Å². The van der Waals surface area contributed by atoms with Gasteiger partial charge in [-0.15, -0.1) is 0 Å². The number of fused-ring (bicyclic) bond motifs is 2. The second-order valence-corrected chi connectivity index (χ2v) is 18.3. The zero-order chi connectivity index (χ0) is 55.8. The van der Waals surface area contributed by atoms with Crippen molar-refractivity contribution < 1.29 is 66.6 Å². The number of aromatic nitrogens is 1. The lowest BCUT2D eigenvalue weighted by Gasteiger charge is -2.21. The number of nitrogens with zero attached hydrogens (tertiary/aromatic N) is 1. The van der Waals surface area contributed by atoms with Crippen molar-refractivity contribution in [1.29, 1.82) is 0 Å². The van der Waals surface area contributed by atoms with E-state index in [1.807, 2.05) is 61.5 Å². The van der Waals surface area contributed by atoms with Crippen molar-refractivity contribution in [3.63, 3.8) is 0 Å². The number of ether oxygens (including phenoxy) is 1. The van der Waals surface area contributed by atoms with E-state index in [2.05, 4.69) is 6.58 Å². The number of alkyl halides is 12. The highest BCUT2D eigenvalue weighted by Gasteiger charge is 2.39. The number of hydrogen-bond donors (Lipinski definition) is 0. The molecule has 0 aliphatic carbocycles. The number of halogens is 12. The maximum absolute atomic E-state index is 14.9. The third-order valence-corrected chi connectivity index (χ3v) is 13.2. The summed E-state index contributed by atoms with van der Waals surface area (Å²) in [5, 5.41) is -2.02. The van der Waals surface area contributed by atoms with Crippen LogP contribution in [0.25, 0.3) is 88.1 Å². The van der Waals surface area contributed by atoms with Crippen molar-refractivity contribution in [3.8, 4) is 39.1 Å². The highest BCUT2D eigenvalue weighted by atomic mass is 19.4. The first-order valence-electron chi connectivity index (χ1n) is 23.6. The fourth-order valence-corrected chi connectivity index (χ4v) is 9.69. The minimum Gasteiger partial charge on any atom is -0.455 e. The van der Waals surface area contributed by atoms with E-state index >= 15 is 0 Å². The number of carbonyl (C=O) groups excluding carboxylic acids is 1. The Labute approximate surface area is 432 Å². The average Bonchev–Trinajstić information content (AvgIpc) is 3.39. The summed E-state index contributed by atoms with van der Waals surface area (Å²) in [5.41, 5.74) is -9.09. The minimum atomic E-state index is -5.38. The van der Waals surface area contributed by atoms with Crippen molar-refractivity contribution in [2.75, 3.05) is 0 Å². The molecule has 2 heterocycles. The van der Waals surface area contributed by atoms with Crippen LogP contribution in [0.4, 0.5) is 52.7 Å². The molecule has 0 amide bonds. The molecule has 8 aromatic carbocycles. The van der Waals surface area contributed by atoms with Crippen molar-refractivity contribution in [1.82, 2.24) is 4.57 Å². The van der Waals surface area contributed by atoms with Gasteiger partial charge >= 0.3 is 30.7 Å². The molecular formula is C60H35F12NO5. The molecule has 0 bridgehead atoms. The van der Waals surface area contributed by atoms with Crippen molar-refractivity contribution in [2.24, 2.45) is 0 Å². The SMILES string of the molecule is C=C(/C=C(\CC)c1cccc(-c2ccccc2)c1)OC(=O)Cc1ccc(-n2c(=O)c3cc(-c4cc(C(F)(F)F)cc(C(F)(F)F)c4)c4oc5ccccc5c5c(-c6cc(C(F)(F)F)cc(C(F)(F)F)c6)cc(c2=O)c3c45)cc1. The molecule has 0 aliphatic heterocycles. The van der Waals surface area contributed by atoms with Crippen LogP contribution in [0.15, 0.2) is 184 Å². The zero-order valence-electron chi connectivity index (χ0n) is 40.2. The van der Waals surface area contributed by atoms with Crippen LogP contribution < -0.4 is 11.1 Å². The molecule has 0 fully saturated rings. The largest absolute Gasteiger partial charge is 0.455 e. The quantitative estimate of drug-likeness (QED) is 0.0340. The first kappa shape index (κ1) is 52.5. The van der Waals surface area contributed by atoms with E-state index in [-0.39, 0.29) is 62.7 Å². The molecule has 394 valence electrons. The second kappa shape index (κ2) is 19.3. The maximum atomic E-state index is 14.9. The van der Waals surface area contributed by atoms with Crippen molar-refractivity contribution in [3.05, 3.63) is 224 Å². The van der Waals surface area contributed by atoms with E-state index in [4.69, 9.17) is 9.15 Å². The molecule has 2 aromatic heterocycles. The summed E-state index contributed by atoms with van der Waals surface area (Å²) in [4.78, 5) is 43.2. The van der Waals surface area contributed by atoms with Crippen LogP contribution >= 0.6 is 0 Å². The monoisotopic (exact) mass is 1080 g/mol. The van der Waals surface area contributed by atoms with Crippen LogP contribution in [0.5, 0.6) is 0 Å². The standard InChI is InChI=1S/C60H35F12NO5/c1-3-33(35-12-9-13-36(22-35)34-10-5-4-6-11-34)20-31(2)77-50(74)21-32-16-18-43(19-17-32)73-55(75)47-29-45(37-23-39(57(61,62)63)27-40(24-37)58(64,65)66)51-44-14-7-8-15-49(44)78-54-46(30-48(56(73)76)52(47)53(51)54)38-25-41(59(67,68)69)28-42(26-38)60(70,71)72/h4-20,22-30H,2-3,21H2,1H3/b33-20+. The van der Waals surface area contributed by atoms with Crippen molar-refractivity contribution >= 4 is 55.0 Å². The summed E-state index contributed by atoms with van der Waals surface area (Å²) in [6.45, 7) is 5.81. The summed E-state index contributed by atoms with van der Waals surface area (Å²) in [5.74, 6) is -0.735. The fourth-order valence-electron chi connectivity index (χ4n) is 9.69. The minimum absolute atomic E-state index is 0.0223. The van der Waals surface area contributed by atoms with Gasteiger partial charge in [0, 0.05) is 37.9 Å². The van der Waals surface area contributed by atoms with Gasteiger partial charge in [0.15, 0.2) is 0 Å². The number of carbonyl (C=O) groups is 1. The predicted octanol–water partition coefficient (Wildman–Crippen LogP) is 17.0. The Bertz CT molecular complexity index is 4110. The van der Waals surface area contributed by atoms with E-state index in [1.54, 1.807) is 6.08 Å². The number of benzene rings is 8. The third kappa shape index (κ3) is 9.89.